The maximum atomic E-state index is 11.8. The normalized spacial score (nSPS) is 15.0. The summed E-state index contributed by atoms with van der Waals surface area (Å²) in [6.45, 7) is 5.32. The van der Waals surface area contributed by atoms with E-state index < -0.39 is 35.9 Å². The van der Waals surface area contributed by atoms with Gasteiger partial charge in [-0.15, -0.1) is 0 Å². The maximum Gasteiger partial charge on any atom is 0.328 e. The van der Waals surface area contributed by atoms with E-state index in [2.05, 4.69) is 14.8 Å². The Balaban J connectivity index is 4.74. The van der Waals surface area contributed by atoms with Gasteiger partial charge >= 0.3 is 11.9 Å². The van der Waals surface area contributed by atoms with Crippen molar-refractivity contribution in [2.24, 2.45) is 11.8 Å². The number of aliphatic hydroxyl groups excluding tert-OH is 1. The minimum Gasteiger partial charge on any atom is -0.469 e. The third-order valence-corrected chi connectivity index (χ3v) is 2.99. The molecule has 0 bridgehead atoms. The molecule has 7 nitrogen and oxygen atoms in total. The maximum absolute atomic E-state index is 11.8. The topological polar surface area (TPSA) is 102 Å². The van der Waals surface area contributed by atoms with Gasteiger partial charge in [0.25, 0.3) is 0 Å². The molecule has 0 unspecified atom stereocenters. The molecule has 0 aliphatic carbocycles. The van der Waals surface area contributed by atoms with Crippen molar-refractivity contribution in [1.82, 2.24) is 5.32 Å². The SMILES string of the molecule is COC(=O)[C@H](C)C[C@@H](NC(=O)[C@H](O)CC(C)C)C(=O)OC. The van der Waals surface area contributed by atoms with Crippen LogP contribution in [0.5, 0.6) is 0 Å². The van der Waals surface area contributed by atoms with E-state index in [1.165, 1.54) is 14.2 Å². The lowest BCUT2D eigenvalue weighted by Crippen LogP contribution is -2.47. The number of carbonyl (C=O) groups is 3. The van der Waals surface area contributed by atoms with Gasteiger partial charge in [-0.05, 0) is 18.8 Å². The van der Waals surface area contributed by atoms with Crippen LogP contribution in [0.25, 0.3) is 0 Å². The van der Waals surface area contributed by atoms with Crippen molar-refractivity contribution in [3.8, 4) is 0 Å². The molecule has 0 aromatic carbocycles. The number of rotatable bonds is 8. The summed E-state index contributed by atoms with van der Waals surface area (Å²) in [4.78, 5) is 34.9. The van der Waals surface area contributed by atoms with Gasteiger partial charge in [0, 0.05) is 0 Å². The van der Waals surface area contributed by atoms with Crippen molar-refractivity contribution in [1.29, 1.82) is 0 Å². The first-order valence-corrected chi connectivity index (χ1v) is 6.87. The van der Waals surface area contributed by atoms with Crippen LogP contribution in [-0.4, -0.2) is 49.3 Å². The Morgan fingerprint density at radius 1 is 1.00 bits per heavy atom. The molecule has 0 radical (unpaired) electrons. The van der Waals surface area contributed by atoms with Crippen molar-refractivity contribution in [3.05, 3.63) is 0 Å². The molecule has 122 valence electrons. The average Bonchev–Trinajstić information content (AvgIpc) is 2.43. The summed E-state index contributed by atoms with van der Waals surface area (Å²) in [5.41, 5.74) is 0. The third kappa shape index (κ3) is 7.08. The van der Waals surface area contributed by atoms with Gasteiger partial charge < -0.3 is 19.9 Å². The number of esters is 2. The highest BCUT2D eigenvalue weighted by atomic mass is 16.5. The van der Waals surface area contributed by atoms with E-state index >= 15 is 0 Å². The number of carbonyl (C=O) groups excluding carboxylic acids is 3. The highest BCUT2D eigenvalue weighted by Gasteiger charge is 2.29. The Labute approximate surface area is 125 Å². The van der Waals surface area contributed by atoms with E-state index in [0.717, 1.165) is 0 Å². The fourth-order valence-corrected chi connectivity index (χ4v) is 1.83. The minimum atomic E-state index is -1.20. The lowest BCUT2D eigenvalue weighted by atomic mass is 10.0. The van der Waals surface area contributed by atoms with Crippen LogP contribution in [0.3, 0.4) is 0 Å². The molecule has 7 heteroatoms. The molecule has 0 rings (SSSR count). The number of amides is 1. The van der Waals surface area contributed by atoms with Crippen LogP contribution in [0, 0.1) is 11.8 Å². The molecule has 0 aromatic heterocycles. The van der Waals surface area contributed by atoms with Gasteiger partial charge in [0.2, 0.25) is 5.91 Å². The van der Waals surface area contributed by atoms with E-state index in [-0.39, 0.29) is 18.8 Å². The van der Waals surface area contributed by atoms with Crippen LogP contribution in [0.2, 0.25) is 0 Å². The van der Waals surface area contributed by atoms with Crippen molar-refractivity contribution >= 4 is 17.8 Å². The van der Waals surface area contributed by atoms with Crippen LogP contribution >= 0.6 is 0 Å². The minimum absolute atomic E-state index is 0.0412. The van der Waals surface area contributed by atoms with Crippen molar-refractivity contribution in [3.63, 3.8) is 0 Å². The van der Waals surface area contributed by atoms with Crippen LogP contribution < -0.4 is 5.32 Å². The van der Waals surface area contributed by atoms with E-state index in [1.807, 2.05) is 13.8 Å². The van der Waals surface area contributed by atoms with E-state index in [4.69, 9.17) is 0 Å². The summed E-state index contributed by atoms with van der Waals surface area (Å²) in [5.74, 6) is -2.26. The molecule has 0 aliphatic rings. The Kier molecular flexibility index (Phi) is 8.61. The van der Waals surface area contributed by atoms with Crippen molar-refractivity contribution < 1.29 is 29.0 Å². The first kappa shape index (κ1) is 19.4. The molecule has 0 heterocycles. The summed E-state index contributed by atoms with van der Waals surface area (Å²) in [6, 6.07) is -1.00. The zero-order valence-corrected chi connectivity index (χ0v) is 13.2. The largest absolute Gasteiger partial charge is 0.469 e. The summed E-state index contributed by atoms with van der Waals surface area (Å²) in [6.07, 6.45) is -0.878. The Bertz CT molecular complexity index is 368. The molecule has 2 N–H and O–H groups in total. The molecule has 3 atom stereocenters. The lowest BCUT2D eigenvalue weighted by molar-refractivity contribution is -0.149. The van der Waals surface area contributed by atoms with E-state index in [1.54, 1.807) is 6.92 Å². The molecule has 0 aromatic rings. The molecular formula is C14H25NO6. The highest BCUT2D eigenvalue weighted by molar-refractivity contribution is 5.87. The van der Waals surface area contributed by atoms with Gasteiger partial charge in [-0.3, -0.25) is 9.59 Å². The van der Waals surface area contributed by atoms with Gasteiger partial charge in [0.15, 0.2) is 0 Å². The smallest absolute Gasteiger partial charge is 0.328 e. The fourth-order valence-electron chi connectivity index (χ4n) is 1.83. The molecular weight excluding hydrogens is 278 g/mol. The van der Waals surface area contributed by atoms with Gasteiger partial charge in [-0.25, -0.2) is 4.79 Å². The first-order valence-electron chi connectivity index (χ1n) is 6.87. The Morgan fingerprint density at radius 2 is 1.52 bits per heavy atom. The predicted octanol–water partition coefficient (Wildman–Crippen LogP) is 0.250. The molecule has 0 saturated heterocycles. The molecule has 0 spiro atoms. The number of hydrogen-bond acceptors (Lipinski definition) is 6. The second kappa shape index (κ2) is 9.33. The van der Waals surface area contributed by atoms with Crippen molar-refractivity contribution in [2.75, 3.05) is 14.2 Å². The van der Waals surface area contributed by atoms with Crippen LogP contribution in [-0.2, 0) is 23.9 Å². The number of methoxy groups -OCH3 is 2. The summed E-state index contributed by atoms with van der Waals surface area (Å²) < 4.78 is 9.18. The fraction of sp³-hybridized carbons (Fsp3) is 0.786. The van der Waals surface area contributed by atoms with E-state index in [9.17, 15) is 19.5 Å². The van der Waals surface area contributed by atoms with Crippen LogP contribution in [0.1, 0.15) is 33.6 Å². The van der Waals surface area contributed by atoms with Crippen LogP contribution in [0.4, 0.5) is 0 Å². The van der Waals surface area contributed by atoms with E-state index in [0.29, 0.717) is 0 Å². The lowest BCUT2D eigenvalue weighted by Gasteiger charge is -2.21. The Hall–Kier alpha value is -1.63. The number of nitrogens with one attached hydrogen (secondary N) is 1. The standard InChI is InChI=1S/C14H25NO6/c1-8(2)6-11(16)12(17)15-10(14(19)21-5)7-9(3)13(18)20-4/h8-11,16H,6-7H2,1-5H3,(H,15,17)/t9-,10-,11-/m1/s1. The van der Waals surface area contributed by atoms with Gasteiger partial charge in [-0.2, -0.15) is 0 Å². The number of aliphatic hydroxyl groups is 1. The van der Waals surface area contributed by atoms with Gasteiger partial charge in [0.1, 0.15) is 12.1 Å². The quantitative estimate of drug-likeness (QED) is 0.623. The highest BCUT2D eigenvalue weighted by Crippen LogP contribution is 2.11. The average molecular weight is 303 g/mol. The molecule has 0 saturated carbocycles. The Morgan fingerprint density at radius 3 is 1.95 bits per heavy atom. The van der Waals surface area contributed by atoms with Crippen molar-refractivity contribution in [2.45, 2.75) is 45.8 Å². The second-order valence-electron chi connectivity index (χ2n) is 5.39. The third-order valence-electron chi connectivity index (χ3n) is 2.99. The van der Waals surface area contributed by atoms with Gasteiger partial charge in [0.05, 0.1) is 20.1 Å². The van der Waals surface area contributed by atoms with Crippen LogP contribution in [0.15, 0.2) is 0 Å². The summed E-state index contributed by atoms with van der Waals surface area (Å²) in [7, 11) is 2.44. The molecule has 1 amide bonds. The molecule has 0 aliphatic heterocycles. The zero-order chi connectivity index (χ0) is 16.6. The second-order valence-corrected chi connectivity index (χ2v) is 5.39. The summed E-state index contributed by atoms with van der Waals surface area (Å²) in [5, 5.41) is 12.1. The molecule has 21 heavy (non-hydrogen) atoms. The molecule has 0 fully saturated rings. The monoisotopic (exact) mass is 303 g/mol. The zero-order valence-electron chi connectivity index (χ0n) is 13.2. The predicted molar refractivity (Wildman–Crippen MR) is 75.2 cm³/mol. The van der Waals surface area contributed by atoms with Gasteiger partial charge in [-0.1, -0.05) is 20.8 Å². The first-order chi connectivity index (χ1) is 9.72. The summed E-state index contributed by atoms with van der Waals surface area (Å²) >= 11 is 0. The number of ether oxygens (including phenoxy) is 2. The number of hydrogen-bond donors (Lipinski definition) is 2.